The highest BCUT2D eigenvalue weighted by atomic mass is 32.2. The topological polar surface area (TPSA) is 26.4 Å². The molecule has 9 rings (SSSR count). The lowest BCUT2D eigenvalue weighted by Crippen LogP contribution is -2.16. The van der Waals surface area contributed by atoms with Gasteiger partial charge in [0.2, 0.25) is 11.4 Å². The molecule has 326 valence electrons. The average molecular weight is 865 g/mol. The largest absolute Gasteiger partial charge is 0.493 e. The summed E-state index contributed by atoms with van der Waals surface area (Å²) in [6.07, 6.45) is 20.7. The molecule has 0 atom stereocenters. The third kappa shape index (κ3) is 8.60. The van der Waals surface area contributed by atoms with Crippen LogP contribution in [0.15, 0.2) is 165 Å². The molecular formula is C59H64N2O2S+2. The maximum Gasteiger partial charge on any atom is 0.214 e. The van der Waals surface area contributed by atoms with Crippen LogP contribution in [0.25, 0.3) is 38.5 Å². The van der Waals surface area contributed by atoms with Gasteiger partial charge in [-0.25, -0.2) is 0 Å². The van der Waals surface area contributed by atoms with Crippen LogP contribution >= 0.6 is 0 Å². The molecule has 2 aliphatic rings. The third-order valence-electron chi connectivity index (χ3n) is 12.9. The van der Waals surface area contributed by atoms with Crippen molar-refractivity contribution in [1.82, 2.24) is 4.57 Å². The predicted octanol–water partition coefficient (Wildman–Crippen LogP) is 14.8. The molecule has 5 heteroatoms. The van der Waals surface area contributed by atoms with E-state index in [1.54, 1.807) is 0 Å². The first-order valence-electron chi connectivity index (χ1n) is 24.1. The summed E-state index contributed by atoms with van der Waals surface area (Å²) in [6, 6.07) is 45.0. The number of allylic oxidation sites excluding steroid dienone is 5. The minimum atomic E-state index is -0.311. The molecule has 7 aromatic rings. The Morgan fingerprint density at radius 2 is 1.20 bits per heavy atom. The molecule has 6 aromatic carbocycles. The Bertz CT molecular complexity index is 2900. The molecule has 0 spiro atoms. The first-order chi connectivity index (χ1) is 31.6. The number of aromatic nitrogens is 1. The first-order valence-corrected chi connectivity index (χ1v) is 25.3. The van der Waals surface area contributed by atoms with E-state index in [0.29, 0.717) is 0 Å². The lowest BCUT2D eigenvalue weighted by Gasteiger charge is -2.11. The van der Waals surface area contributed by atoms with Gasteiger partial charge in [-0.1, -0.05) is 126 Å². The van der Waals surface area contributed by atoms with Crippen molar-refractivity contribution in [3.63, 3.8) is 0 Å². The Balaban J connectivity index is 1.22. The van der Waals surface area contributed by atoms with E-state index < -0.39 is 0 Å². The molecule has 0 saturated carbocycles. The number of hydrogen-bond donors (Lipinski definition) is 0. The van der Waals surface area contributed by atoms with Crippen LogP contribution in [-0.2, 0) is 17.4 Å². The summed E-state index contributed by atoms with van der Waals surface area (Å²) in [5.74, 6) is 1.98. The lowest BCUT2D eigenvalue weighted by molar-refractivity contribution is -0.436. The Labute approximate surface area is 383 Å². The number of nitrogens with zero attached hydrogens (tertiary/aromatic N) is 2. The van der Waals surface area contributed by atoms with Gasteiger partial charge in [0, 0.05) is 68.7 Å². The minimum absolute atomic E-state index is 0.311. The van der Waals surface area contributed by atoms with Crippen molar-refractivity contribution in [2.24, 2.45) is 0 Å². The number of aryl methyl sites for hydroxylation is 1. The first kappa shape index (κ1) is 43.5. The van der Waals surface area contributed by atoms with E-state index in [4.69, 9.17) is 9.47 Å². The van der Waals surface area contributed by atoms with Crippen LogP contribution in [0.4, 0.5) is 5.69 Å². The molecule has 0 unspecified atom stereocenters. The van der Waals surface area contributed by atoms with Crippen molar-refractivity contribution in [3.05, 3.63) is 167 Å². The van der Waals surface area contributed by atoms with E-state index in [-0.39, 0.29) is 10.9 Å². The zero-order valence-electron chi connectivity index (χ0n) is 38.4. The van der Waals surface area contributed by atoms with Crippen molar-refractivity contribution in [2.75, 3.05) is 19.8 Å². The summed E-state index contributed by atoms with van der Waals surface area (Å²) in [4.78, 5) is 4.14. The van der Waals surface area contributed by atoms with Crippen molar-refractivity contribution < 1.29 is 14.0 Å². The van der Waals surface area contributed by atoms with E-state index in [1.165, 1.54) is 80.6 Å². The van der Waals surface area contributed by atoms with Crippen LogP contribution in [0, 0.1) is 0 Å². The van der Waals surface area contributed by atoms with Gasteiger partial charge >= 0.3 is 0 Å². The molecule has 1 aliphatic carbocycles. The summed E-state index contributed by atoms with van der Waals surface area (Å²) in [6.45, 7) is 12.5. The summed E-state index contributed by atoms with van der Waals surface area (Å²) in [5.41, 5.74) is 8.01. The monoisotopic (exact) mass is 864 g/mol. The lowest BCUT2D eigenvalue weighted by atomic mass is 10.0. The Hall–Kier alpha value is -5.78. The van der Waals surface area contributed by atoms with Crippen LogP contribution in [0.2, 0.25) is 0 Å². The molecule has 0 radical (unpaired) electrons. The Morgan fingerprint density at radius 1 is 0.578 bits per heavy atom. The fraction of sp³-hybridized carbons (Fsp3) is 0.305. The molecule has 0 fully saturated rings. The van der Waals surface area contributed by atoms with E-state index >= 15 is 0 Å². The van der Waals surface area contributed by atoms with Gasteiger partial charge in [0.05, 0.1) is 35.1 Å². The van der Waals surface area contributed by atoms with Crippen LogP contribution in [0.3, 0.4) is 0 Å². The number of hydrogen-bond acceptors (Lipinski definition) is 2. The van der Waals surface area contributed by atoms with E-state index in [9.17, 15) is 0 Å². The minimum Gasteiger partial charge on any atom is -0.493 e. The quantitative estimate of drug-likeness (QED) is 0.0433. The van der Waals surface area contributed by atoms with Gasteiger partial charge in [0.15, 0.2) is 14.7 Å². The SMILES string of the molecule is CCCCOc1ccc2c3c(cccc13)C(C=CC1=C([S+](c3ccccc3)c3ccccc3)C(=CC=c3c4cccc5c(OCCCC)ccc(c54)n3CCCC)CC1)=[N+]2CCCC. The van der Waals surface area contributed by atoms with E-state index in [1.807, 2.05) is 0 Å². The van der Waals surface area contributed by atoms with Gasteiger partial charge in [-0.15, -0.1) is 0 Å². The molecule has 4 nitrogen and oxygen atoms in total. The van der Waals surface area contributed by atoms with Crippen molar-refractivity contribution >= 4 is 60.8 Å². The molecule has 0 bridgehead atoms. The Kier molecular flexibility index (Phi) is 13.8. The third-order valence-corrected chi connectivity index (χ3v) is 15.4. The highest BCUT2D eigenvalue weighted by molar-refractivity contribution is 8.01. The van der Waals surface area contributed by atoms with Crippen LogP contribution in [-0.4, -0.2) is 34.6 Å². The molecule has 64 heavy (non-hydrogen) atoms. The van der Waals surface area contributed by atoms with E-state index in [0.717, 1.165) is 102 Å². The second-order valence-electron chi connectivity index (χ2n) is 17.3. The molecule has 0 N–H and O–H groups in total. The average Bonchev–Trinajstić information content (AvgIpc) is 3.98. The molecule has 0 saturated heterocycles. The van der Waals surface area contributed by atoms with Gasteiger partial charge < -0.3 is 14.0 Å². The van der Waals surface area contributed by atoms with Crippen molar-refractivity contribution in [3.8, 4) is 11.5 Å². The summed E-state index contributed by atoms with van der Waals surface area (Å²) < 4.78 is 17.9. The second-order valence-corrected chi connectivity index (χ2v) is 19.2. The molecule has 0 amide bonds. The molecule has 2 heterocycles. The highest BCUT2D eigenvalue weighted by Gasteiger charge is 2.39. The molecule has 1 aliphatic heterocycles. The van der Waals surface area contributed by atoms with Crippen LogP contribution < -0.4 is 14.8 Å². The molecule has 1 aromatic heterocycles. The summed E-state index contributed by atoms with van der Waals surface area (Å²) in [5, 5.41) is 7.63. The van der Waals surface area contributed by atoms with Gasteiger partial charge in [0.25, 0.3) is 0 Å². The smallest absolute Gasteiger partial charge is 0.214 e. The predicted molar refractivity (Wildman–Crippen MR) is 273 cm³/mol. The Morgan fingerprint density at radius 3 is 1.88 bits per heavy atom. The van der Waals surface area contributed by atoms with Gasteiger partial charge in [-0.05, 0) is 92.8 Å². The molecular weight excluding hydrogens is 801 g/mol. The maximum absolute atomic E-state index is 6.40. The zero-order valence-corrected chi connectivity index (χ0v) is 39.2. The number of rotatable bonds is 20. The van der Waals surface area contributed by atoms with Crippen molar-refractivity contribution in [1.29, 1.82) is 0 Å². The van der Waals surface area contributed by atoms with Gasteiger partial charge in [-0.2, -0.15) is 4.58 Å². The fourth-order valence-corrected chi connectivity index (χ4v) is 12.1. The number of benzene rings is 6. The summed E-state index contributed by atoms with van der Waals surface area (Å²) >= 11 is 0. The van der Waals surface area contributed by atoms with Crippen molar-refractivity contribution in [2.45, 2.75) is 108 Å². The second kappa shape index (κ2) is 20.4. The van der Waals surface area contributed by atoms with Gasteiger partial charge in [-0.3, -0.25) is 0 Å². The highest BCUT2D eigenvalue weighted by Crippen LogP contribution is 2.45. The number of unbranched alkanes of at least 4 members (excludes halogenated alkanes) is 4. The summed E-state index contributed by atoms with van der Waals surface area (Å²) in [7, 11) is -0.311. The van der Waals surface area contributed by atoms with Crippen LogP contribution in [0.1, 0.15) is 97.5 Å². The van der Waals surface area contributed by atoms with E-state index in [2.05, 4.69) is 182 Å². The van der Waals surface area contributed by atoms with Crippen LogP contribution in [0.5, 0.6) is 11.5 Å². The fourth-order valence-electron chi connectivity index (χ4n) is 9.66. The standard InChI is InChI=1S/C59H64N2O2S/c1-5-9-39-60-51(47-25-19-27-49-55(62-41-11-7-3)37-35-53(60)57(47)49)33-31-43-29-30-44(59(43)64(45-21-15-13-16-22-45)46-23-17-14-18-24-46)32-34-52-48-26-20-28-50-56(63-42-12-8-4)38-36-54(58(48)50)61(52)40-10-6-2/h13-28,31-38H,5-12,29-30,39-42H2,1-4H3/q+2. The zero-order chi connectivity index (χ0) is 43.8. The van der Waals surface area contributed by atoms with Gasteiger partial charge in [0.1, 0.15) is 18.0 Å². The normalized spacial score (nSPS) is 15.0. The maximum atomic E-state index is 6.40. The number of ether oxygens (including phenoxy) is 2.